The lowest BCUT2D eigenvalue weighted by Gasteiger charge is -2.40. The first-order valence-electron chi connectivity index (χ1n) is 14.1. The van der Waals surface area contributed by atoms with E-state index in [1.54, 1.807) is 16.7 Å². The van der Waals surface area contributed by atoms with E-state index in [0.29, 0.717) is 32.9 Å². The van der Waals surface area contributed by atoms with Crippen molar-refractivity contribution in [3.63, 3.8) is 0 Å². The molecule has 7 atom stereocenters. The highest BCUT2D eigenvalue weighted by Crippen LogP contribution is 2.61. The summed E-state index contributed by atoms with van der Waals surface area (Å²) in [4.78, 5) is 48.0. The molecular weight excluding hydrogens is 506 g/mol. The van der Waals surface area contributed by atoms with Crippen LogP contribution in [0.3, 0.4) is 0 Å². The average molecular weight is 548 g/mol. The molecule has 38 heavy (non-hydrogen) atoms. The van der Waals surface area contributed by atoms with Crippen LogP contribution in [0.2, 0.25) is 0 Å². The Bertz CT molecular complexity index is 968. The van der Waals surface area contributed by atoms with Gasteiger partial charge in [0.15, 0.2) is 0 Å². The zero-order valence-corrected chi connectivity index (χ0v) is 23.3. The smallest absolute Gasteiger partial charge is 0.311 e. The van der Waals surface area contributed by atoms with E-state index < -0.39 is 28.7 Å². The van der Waals surface area contributed by atoms with Crippen LogP contribution in [0.25, 0.3) is 0 Å². The summed E-state index contributed by atoms with van der Waals surface area (Å²) in [6, 6.07) is -1.28. The van der Waals surface area contributed by atoms with Gasteiger partial charge < -0.3 is 24.4 Å². The Balaban J connectivity index is 1.53. The quantitative estimate of drug-likeness (QED) is 0.376. The fourth-order valence-corrected chi connectivity index (χ4v) is 8.69. The molecule has 0 aromatic heterocycles. The lowest BCUT2D eigenvalue weighted by atomic mass is 9.78. The number of aliphatic hydroxyl groups is 1. The highest BCUT2D eigenvalue weighted by molar-refractivity contribution is 8.02. The van der Waals surface area contributed by atoms with Crippen molar-refractivity contribution in [2.45, 2.75) is 55.2 Å². The van der Waals surface area contributed by atoms with Crippen molar-refractivity contribution in [2.24, 2.45) is 17.8 Å². The maximum atomic E-state index is 14.4. The fraction of sp³-hybridized carbons (Fsp3) is 0.750. The maximum Gasteiger partial charge on any atom is 0.311 e. The van der Waals surface area contributed by atoms with E-state index in [9.17, 15) is 19.5 Å². The number of cyclic esters (lactones) is 1. The highest BCUT2D eigenvalue weighted by atomic mass is 32.2. The molecule has 0 saturated carbocycles. The van der Waals surface area contributed by atoms with Gasteiger partial charge in [-0.15, -0.1) is 11.8 Å². The Morgan fingerprint density at radius 2 is 1.92 bits per heavy atom. The van der Waals surface area contributed by atoms with Gasteiger partial charge in [-0.25, -0.2) is 0 Å². The SMILES string of the molecule is CC[C@H](C)[C@H](CO)N1C(=O)[C@@H]2[C@@H]3C(=O)OCCC/C=C\[C@@H]3S[C@@]23C=CCN(CCN2CCOCC2)C(=O)C13. The Morgan fingerprint density at radius 3 is 2.66 bits per heavy atom. The van der Waals surface area contributed by atoms with Crippen LogP contribution in [-0.4, -0.2) is 119 Å². The molecule has 9 nitrogen and oxygen atoms in total. The van der Waals surface area contributed by atoms with Crippen LogP contribution >= 0.6 is 11.8 Å². The van der Waals surface area contributed by atoms with Crippen LogP contribution in [0, 0.1) is 17.8 Å². The number of aliphatic hydroxyl groups excluding tert-OH is 1. The second-order valence-corrected chi connectivity index (χ2v) is 12.6. The summed E-state index contributed by atoms with van der Waals surface area (Å²) in [5, 5.41) is 10.2. The van der Waals surface area contributed by atoms with Crippen LogP contribution < -0.4 is 0 Å². The lowest BCUT2D eigenvalue weighted by Crippen LogP contribution is -2.58. The minimum absolute atomic E-state index is 0.00478. The molecule has 0 radical (unpaired) electrons. The maximum absolute atomic E-state index is 14.4. The molecule has 10 heteroatoms. The molecular formula is C28H41N3O6S. The van der Waals surface area contributed by atoms with Gasteiger partial charge in [-0.3, -0.25) is 19.3 Å². The molecule has 210 valence electrons. The highest BCUT2D eigenvalue weighted by Gasteiger charge is 2.71. The first-order chi connectivity index (χ1) is 18.4. The van der Waals surface area contributed by atoms with Crippen molar-refractivity contribution >= 4 is 29.5 Å². The molecule has 0 aromatic rings. The second-order valence-electron chi connectivity index (χ2n) is 11.1. The molecule has 5 rings (SSSR count). The molecule has 2 amide bonds. The summed E-state index contributed by atoms with van der Waals surface area (Å²) >= 11 is 1.56. The largest absolute Gasteiger partial charge is 0.465 e. The van der Waals surface area contributed by atoms with Gasteiger partial charge >= 0.3 is 5.97 Å². The molecule has 0 aromatic carbocycles. The third kappa shape index (κ3) is 4.82. The topological polar surface area (TPSA) is 99.6 Å². The Morgan fingerprint density at radius 1 is 1.13 bits per heavy atom. The van der Waals surface area contributed by atoms with E-state index in [0.717, 1.165) is 38.9 Å². The third-order valence-corrected chi connectivity index (χ3v) is 10.8. The Kier molecular flexibility index (Phi) is 8.52. The number of likely N-dealkylation sites (tertiary alicyclic amines) is 1. The van der Waals surface area contributed by atoms with E-state index in [-0.39, 0.29) is 35.6 Å². The summed E-state index contributed by atoms with van der Waals surface area (Å²) in [7, 11) is 0. The van der Waals surface area contributed by atoms with Crippen molar-refractivity contribution in [2.75, 3.05) is 59.2 Å². The fourth-order valence-electron chi connectivity index (χ4n) is 6.70. The van der Waals surface area contributed by atoms with Gasteiger partial charge in [-0.05, 0) is 18.8 Å². The molecule has 0 aliphatic carbocycles. The average Bonchev–Trinajstić information content (AvgIpc) is 3.34. The molecule has 3 saturated heterocycles. The van der Waals surface area contributed by atoms with Gasteiger partial charge in [-0.2, -0.15) is 0 Å². The van der Waals surface area contributed by atoms with Crippen molar-refractivity contribution in [1.29, 1.82) is 0 Å². The number of esters is 1. The first kappa shape index (κ1) is 27.7. The molecule has 1 unspecified atom stereocenters. The van der Waals surface area contributed by atoms with Crippen molar-refractivity contribution in [3.05, 3.63) is 24.3 Å². The van der Waals surface area contributed by atoms with Gasteiger partial charge in [0.05, 0.1) is 49.1 Å². The van der Waals surface area contributed by atoms with Crippen molar-refractivity contribution in [1.82, 2.24) is 14.7 Å². The van der Waals surface area contributed by atoms with Gasteiger partial charge in [-0.1, -0.05) is 44.6 Å². The minimum Gasteiger partial charge on any atom is -0.465 e. The number of thioether (sulfide) groups is 1. The van der Waals surface area contributed by atoms with Crippen molar-refractivity contribution < 1.29 is 29.0 Å². The third-order valence-electron chi connectivity index (χ3n) is 9.01. The van der Waals surface area contributed by atoms with Gasteiger partial charge in [0.2, 0.25) is 11.8 Å². The minimum atomic E-state index is -0.888. The molecule has 5 heterocycles. The lowest BCUT2D eigenvalue weighted by molar-refractivity contribution is -0.154. The van der Waals surface area contributed by atoms with Crippen LogP contribution in [0.4, 0.5) is 0 Å². The van der Waals surface area contributed by atoms with Crippen LogP contribution in [0.5, 0.6) is 0 Å². The van der Waals surface area contributed by atoms with Gasteiger partial charge in [0.1, 0.15) is 6.04 Å². The number of ether oxygens (including phenoxy) is 2. The number of carbonyl (C=O) groups is 3. The van der Waals surface area contributed by atoms with Gasteiger partial charge in [0.25, 0.3) is 0 Å². The molecule has 1 N–H and O–H groups in total. The predicted molar refractivity (Wildman–Crippen MR) is 144 cm³/mol. The van der Waals surface area contributed by atoms with E-state index in [2.05, 4.69) is 11.0 Å². The molecule has 1 spiro atoms. The molecule has 5 aliphatic rings. The van der Waals surface area contributed by atoms with E-state index in [1.165, 1.54) is 0 Å². The molecule has 3 fully saturated rings. The zero-order valence-electron chi connectivity index (χ0n) is 22.5. The summed E-state index contributed by atoms with van der Waals surface area (Å²) < 4.78 is 10.2. The van der Waals surface area contributed by atoms with Crippen molar-refractivity contribution in [3.8, 4) is 0 Å². The first-order valence-corrected chi connectivity index (χ1v) is 15.0. The number of hydrogen-bond acceptors (Lipinski definition) is 8. The summed E-state index contributed by atoms with van der Waals surface area (Å²) in [6.45, 7) is 8.95. The number of rotatable bonds is 7. The zero-order chi connectivity index (χ0) is 26.9. The summed E-state index contributed by atoms with van der Waals surface area (Å²) in [6.07, 6.45) is 10.5. The standard InChI is InChI=1S/C28H41N3O6S/c1-3-19(2)20(18-32)31-24-26(34)30(12-11-29-13-16-36-17-14-29)10-7-9-28(24)23(25(31)33)22-21(38-28)8-5-4-6-15-37-27(22)35/h5,7-9,19-24,32H,3-4,6,10-18H2,1-2H3/b8-5-/t19-,20-,21-,22+,23-,24?,28-/m0/s1. The number of allylic oxidation sites excluding steroid dienone is 1. The summed E-state index contributed by atoms with van der Waals surface area (Å²) in [5.74, 6) is -2.06. The normalized spacial score (nSPS) is 36.3. The number of hydrogen-bond donors (Lipinski definition) is 1. The van der Waals surface area contributed by atoms with Crippen LogP contribution in [0.1, 0.15) is 33.1 Å². The second kappa shape index (κ2) is 11.7. The number of nitrogens with zero attached hydrogens (tertiary/aromatic N) is 3. The van der Waals surface area contributed by atoms with Crippen LogP contribution in [0.15, 0.2) is 24.3 Å². The number of fused-ring (bicyclic) bond motifs is 2. The van der Waals surface area contributed by atoms with E-state index in [4.69, 9.17) is 9.47 Å². The number of carbonyl (C=O) groups excluding carboxylic acids is 3. The summed E-state index contributed by atoms with van der Waals surface area (Å²) in [5.41, 5.74) is 0. The monoisotopic (exact) mass is 547 g/mol. The number of morpholine rings is 1. The van der Waals surface area contributed by atoms with E-state index in [1.807, 2.05) is 37.0 Å². The van der Waals surface area contributed by atoms with E-state index >= 15 is 0 Å². The molecule has 5 aliphatic heterocycles. The predicted octanol–water partition coefficient (Wildman–Crippen LogP) is 1.31. The Labute approximate surface area is 229 Å². The van der Waals surface area contributed by atoms with Gasteiger partial charge in [0, 0.05) is 38.0 Å². The Hall–Kier alpha value is -1.88. The van der Waals surface area contributed by atoms with Crippen LogP contribution in [-0.2, 0) is 23.9 Å². The molecule has 0 bridgehead atoms. The number of amides is 2.